The molecule has 0 saturated heterocycles. The van der Waals surface area contributed by atoms with Gasteiger partial charge in [-0.25, -0.2) is 9.78 Å². The molecule has 0 saturated carbocycles. The minimum atomic E-state index is -0.0931. The van der Waals surface area contributed by atoms with Crippen LogP contribution in [-0.2, 0) is 6.54 Å². The van der Waals surface area contributed by atoms with E-state index in [1.165, 1.54) is 0 Å². The molecular formula is C12H22N4O2. The number of carbonyl (C=O) groups excluding carboxylic acids is 1. The molecule has 0 bridgehead atoms. The number of rotatable bonds is 7. The fourth-order valence-electron chi connectivity index (χ4n) is 1.65. The molecule has 6 heteroatoms. The van der Waals surface area contributed by atoms with Crippen LogP contribution in [0.3, 0.4) is 0 Å². The third-order valence-corrected chi connectivity index (χ3v) is 2.67. The molecule has 0 atom stereocenters. The number of hydrogen-bond acceptors (Lipinski definition) is 3. The van der Waals surface area contributed by atoms with Crippen LogP contribution in [0.4, 0.5) is 4.79 Å². The Hall–Kier alpha value is -1.56. The van der Waals surface area contributed by atoms with Gasteiger partial charge in [0.15, 0.2) is 0 Å². The summed E-state index contributed by atoms with van der Waals surface area (Å²) in [6, 6.07) is -0.0931. The topological polar surface area (TPSA) is 81.2 Å². The fraction of sp³-hybridized carbons (Fsp3) is 0.667. The van der Waals surface area contributed by atoms with E-state index in [0.717, 1.165) is 24.4 Å². The molecule has 0 unspecified atom stereocenters. The lowest BCUT2D eigenvalue weighted by Crippen LogP contribution is -2.40. The standard InChI is InChI=1S/C12H22N4O2/c1-3-16(6-4-5-7-17)12(18)14-9-11-13-8-10(2)15-11/h8,17H,3-7,9H2,1-2H3,(H,13,15)(H,14,18). The molecule has 2 amide bonds. The Morgan fingerprint density at radius 1 is 1.56 bits per heavy atom. The van der Waals surface area contributed by atoms with Gasteiger partial charge >= 0.3 is 6.03 Å². The van der Waals surface area contributed by atoms with Crippen molar-refractivity contribution in [2.24, 2.45) is 0 Å². The van der Waals surface area contributed by atoms with Gasteiger partial charge in [-0.1, -0.05) is 0 Å². The smallest absolute Gasteiger partial charge is 0.317 e. The van der Waals surface area contributed by atoms with Crippen molar-refractivity contribution < 1.29 is 9.90 Å². The van der Waals surface area contributed by atoms with Crippen LogP contribution in [0.25, 0.3) is 0 Å². The maximum Gasteiger partial charge on any atom is 0.317 e. The average molecular weight is 254 g/mol. The molecule has 1 heterocycles. The maximum atomic E-state index is 11.9. The summed E-state index contributed by atoms with van der Waals surface area (Å²) in [5.74, 6) is 0.757. The van der Waals surface area contributed by atoms with Crippen molar-refractivity contribution in [2.75, 3.05) is 19.7 Å². The Morgan fingerprint density at radius 2 is 2.33 bits per heavy atom. The zero-order chi connectivity index (χ0) is 13.4. The molecule has 0 aliphatic carbocycles. The Labute approximate surface area is 107 Å². The Bertz CT molecular complexity index is 365. The van der Waals surface area contributed by atoms with Crippen LogP contribution in [-0.4, -0.2) is 45.7 Å². The number of aromatic nitrogens is 2. The van der Waals surface area contributed by atoms with E-state index >= 15 is 0 Å². The number of carbonyl (C=O) groups is 1. The van der Waals surface area contributed by atoms with Crippen molar-refractivity contribution in [3.8, 4) is 0 Å². The van der Waals surface area contributed by atoms with Gasteiger partial charge in [-0.15, -0.1) is 0 Å². The number of nitrogens with one attached hydrogen (secondary N) is 2. The predicted octanol–water partition coefficient (Wildman–Crippen LogP) is 1.02. The van der Waals surface area contributed by atoms with Crippen LogP contribution in [0, 0.1) is 6.92 Å². The van der Waals surface area contributed by atoms with Crippen molar-refractivity contribution in [3.63, 3.8) is 0 Å². The lowest BCUT2D eigenvalue weighted by molar-refractivity contribution is 0.196. The van der Waals surface area contributed by atoms with Gasteiger partial charge in [-0.2, -0.15) is 0 Å². The van der Waals surface area contributed by atoms with E-state index in [9.17, 15) is 4.79 Å². The first-order valence-corrected chi connectivity index (χ1v) is 6.31. The van der Waals surface area contributed by atoms with Gasteiger partial charge in [0.25, 0.3) is 0 Å². The summed E-state index contributed by atoms with van der Waals surface area (Å²) in [6.45, 7) is 5.77. The van der Waals surface area contributed by atoms with Crippen molar-refractivity contribution in [1.29, 1.82) is 0 Å². The molecule has 18 heavy (non-hydrogen) atoms. The van der Waals surface area contributed by atoms with E-state index in [1.807, 2.05) is 13.8 Å². The zero-order valence-electron chi connectivity index (χ0n) is 11.1. The molecular weight excluding hydrogens is 232 g/mol. The highest BCUT2D eigenvalue weighted by molar-refractivity contribution is 5.73. The number of imidazole rings is 1. The molecule has 0 fully saturated rings. The molecule has 3 N–H and O–H groups in total. The third-order valence-electron chi connectivity index (χ3n) is 2.67. The first-order chi connectivity index (χ1) is 8.67. The van der Waals surface area contributed by atoms with E-state index in [4.69, 9.17) is 5.11 Å². The fourth-order valence-corrected chi connectivity index (χ4v) is 1.65. The molecule has 0 aromatic carbocycles. The largest absolute Gasteiger partial charge is 0.396 e. The SMILES string of the molecule is CCN(CCCCO)C(=O)NCc1ncc(C)[nH]1. The quantitative estimate of drug-likeness (QED) is 0.635. The van der Waals surface area contributed by atoms with Gasteiger partial charge in [0.1, 0.15) is 5.82 Å². The highest BCUT2D eigenvalue weighted by Crippen LogP contribution is 1.98. The molecule has 0 aliphatic heterocycles. The van der Waals surface area contributed by atoms with Gasteiger partial charge < -0.3 is 20.3 Å². The van der Waals surface area contributed by atoms with Crippen LogP contribution in [0.5, 0.6) is 0 Å². The molecule has 1 aromatic rings. The van der Waals surface area contributed by atoms with E-state index < -0.39 is 0 Å². The third kappa shape index (κ3) is 4.75. The summed E-state index contributed by atoms with van der Waals surface area (Å²) in [5.41, 5.74) is 0.981. The predicted molar refractivity (Wildman–Crippen MR) is 69.1 cm³/mol. The monoisotopic (exact) mass is 254 g/mol. The maximum absolute atomic E-state index is 11.9. The van der Waals surface area contributed by atoms with Crippen molar-refractivity contribution in [3.05, 3.63) is 17.7 Å². The first-order valence-electron chi connectivity index (χ1n) is 6.31. The van der Waals surface area contributed by atoms with Crippen molar-refractivity contribution in [1.82, 2.24) is 20.2 Å². The molecule has 0 spiro atoms. The van der Waals surface area contributed by atoms with Gasteiger partial charge in [0.05, 0.1) is 6.54 Å². The van der Waals surface area contributed by atoms with Crippen LogP contribution >= 0.6 is 0 Å². The van der Waals surface area contributed by atoms with E-state index in [0.29, 0.717) is 19.6 Å². The second kappa shape index (κ2) is 7.71. The minimum absolute atomic E-state index is 0.0931. The summed E-state index contributed by atoms with van der Waals surface area (Å²) in [6.07, 6.45) is 3.28. The van der Waals surface area contributed by atoms with E-state index in [-0.39, 0.29) is 12.6 Å². The van der Waals surface area contributed by atoms with E-state index in [1.54, 1.807) is 11.1 Å². The normalized spacial score (nSPS) is 10.4. The number of hydrogen-bond donors (Lipinski definition) is 3. The average Bonchev–Trinajstić information content (AvgIpc) is 2.78. The molecule has 6 nitrogen and oxygen atoms in total. The first kappa shape index (κ1) is 14.5. The Morgan fingerprint density at radius 3 is 2.89 bits per heavy atom. The molecule has 1 aromatic heterocycles. The highest BCUT2D eigenvalue weighted by Gasteiger charge is 2.10. The number of nitrogens with zero attached hydrogens (tertiary/aromatic N) is 2. The number of amides is 2. The molecule has 0 radical (unpaired) electrons. The summed E-state index contributed by atoms with van der Waals surface area (Å²) in [7, 11) is 0. The van der Waals surface area contributed by atoms with Crippen LogP contribution in [0.15, 0.2) is 6.20 Å². The number of unbranched alkanes of at least 4 members (excludes halogenated alkanes) is 1. The van der Waals surface area contributed by atoms with Gasteiger partial charge in [-0.05, 0) is 26.7 Å². The Kier molecular flexibility index (Phi) is 6.21. The van der Waals surface area contributed by atoms with Crippen molar-refractivity contribution >= 4 is 6.03 Å². The van der Waals surface area contributed by atoms with E-state index in [2.05, 4.69) is 15.3 Å². The number of H-pyrrole nitrogens is 1. The summed E-state index contributed by atoms with van der Waals surface area (Å²) in [4.78, 5) is 20.8. The summed E-state index contributed by atoms with van der Waals surface area (Å²) >= 11 is 0. The number of urea groups is 1. The van der Waals surface area contributed by atoms with Gasteiger partial charge in [-0.3, -0.25) is 0 Å². The molecule has 0 aliphatic rings. The number of aryl methyl sites for hydroxylation is 1. The van der Waals surface area contributed by atoms with Gasteiger partial charge in [0.2, 0.25) is 0 Å². The van der Waals surface area contributed by atoms with Crippen LogP contribution in [0.1, 0.15) is 31.3 Å². The minimum Gasteiger partial charge on any atom is -0.396 e. The zero-order valence-corrected chi connectivity index (χ0v) is 11.1. The van der Waals surface area contributed by atoms with Crippen molar-refractivity contribution in [2.45, 2.75) is 33.2 Å². The summed E-state index contributed by atoms with van der Waals surface area (Å²) in [5, 5.41) is 11.5. The highest BCUT2D eigenvalue weighted by atomic mass is 16.3. The van der Waals surface area contributed by atoms with Crippen LogP contribution in [0.2, 0.25) is 0 Å². The lowest BCUT2D eigenvalue weighted by Gasteiger charge is -2.20. The molecule has 102 valence electrons. The second-order valence-corrected chi connectivity index (χ2v) is 4.18. The number of aliphatic hydroxyl groups is 1. The number of aromatic amines is 1. The van der Waals surface area contributed by atoms with Crippen LogP contribution < -0.4 is 5.32 Å². The second-order valence-electron chi connectivity index (χ2n) is 4.18. The lowest BCUT2D eigenvalue weighted by atomic mass is 10.3. The number of aliphatic hydroxyl groups excluding tert-OH is 1. The molecule has 1 rings (SSSR count). The Balaban J connectivity index is 2.33. The summed E-state index contributed by atoms with van der Waals surface area (Å²) < 4.78 is 0. The van der Waals surface area contributed by atoms with Gasteiger partial charge in [0, 0.05) is 31.6 Å².